The Hall–Kier alpha value is -2.40. The summed E-state index contributed by atoms with van der Waals surface area (Å²) >= 11 is 0. The van der Waals surface area contributed by atoms with Crippen molar-refractivity contribution in [2.24, 2.45) is 5.92 Å². The van der Waals surface area contributed by atoms with Gasteiger partial charge in [-0.15, -0.1) is 0 Å². The normalized spacial score (nSPS) is 22.7. The van der Waals surface area contributed by atoms with Gasteiger partial charge >= 0.3 is 5.97 Å². The Balaban J connectivity index is 1.77. The summed E-state index contributed by atoms with van der Waals surface area (Å²) in [5.74, 6) is -0.814. The summed E-state index contributed by atoms with van der Waals surface area (Å²) in [5, 5.41) is 1.30. The molecule has 0 saturated heterocycles. The van der Waals surface area contributed by atoms with Crippen LogP contribution in [0, 0.1) is 5.92 Å². The van der Waals surface area contributed by atoms with Crippen LogP contribution in [0.25, 0.3) is 16.5 Å². The van der Waals surface area contributed by atoms with Gasteiger partial charge in [0.15, 0.2) is 11.9 Å². The van der Waals surface area contributed by atoms with Gasteiger partial charge in [-0.1, -0.05) is 18.2 Å². The molecule has 1 aliphatic carbocycles. The third kappa shape index (κ3) is 2.98. The van der Waals surface area contributed by atoms with Gasteiger partial charge in [0, 0.05) is 35.7 Å². The molecular weight excluding hydrogens is 352 g/mol. The van der Waals surface area contributed by atoms with Crippen LogP contribution in [0.5, 0.6) is 0 Å². The van der Waals surface area contributed by atoms with E-state index in [2.05, 4.69) is 60.8 Å². The number of aromatic nitrogens is 1. The predicted octanol–water partition coefficient (Wildman–Crippen LogP) is 3.61. The molecular formula is C23H28N2O3. The fourth-order valence-electron chi connectivity index (χ4n) is 4.50. The summed E-state index contributed by atoms with van der Waals surface area (Å²) in [6.45, 7) is 8.09. The first-order valence-corrected chi connectivity index (χ1v) is 10.0. The molecule has 4 rings (SSSR count). The van der Waals surface area contributed by atoms with Gasteiger partial charge in [-0.2, -0.15) is 0 Å². The van der Waals surface area contributed by atoms with Crippen molar-refractivity contribution in [2.45, 2.75) is 52.3 Å². The zero-order valence-corrected chi connectivity index (χ0v) is 17.2. The van der Waals surface area contributed by atoms with Gasteiger partial charge in [0.05, 0.1) is 5.92 Å². The molecule has 0 spiro atoms. The number of ketones is 1. The second kappa shape index (κ2) is 6.89. The molecule has 0 unspecified atom stereocenters. The van der Waals surface area contributed by atoms with E-state index in [0.717, 1.165) is 6.42 Å². The van der Waals surface area contributed by atoms with Crippen molar-refractivity contribution < 1.29 is 14.3 Å². The maximum absolute atomic E-state index is 12.7. The molecule has 2 aliphatic rings. The van der Waals surface area contributed by atoms with Crippen LogP contribution in [0.3, 0.4) is 0 Å². The Kier molecular flexibility index (Phi) is 4.66. The number of hydrogen-bond acceptors (Lipinski definition) is 4. The van der Waals surface area contributed by atoms with E-state index in [1.807, 2.05) is 0 Å². The Morgan fingerprint density at radius 2 is 1.96 bits per heavy atom. The second-order valence-corrected chi connectivity index (χ2v) is 8.43. The van der Waals surface area contributed by atoms with Crippen molar-refractivity contribution >= 4 is 28.2 Å². The summed E-state index contributed by atoms with van der Waals surface area (Å²) < 4.78 is 7.73. The third-order valence-corrected chi connectivity index (χ3v) is 6.14. The molecule has 5 nitrogen and oxygen atoms in total. The van der Waals surface area contributed by atoms with E-state index in [0.29, 0.717) is 12.6 Å². The lowest BCUT2D eigenvalue weighted by atomic mass is 9.80. The van der Waals surface area contributed by atoms with E-state index >= 15 is 0 Å². The van der Waals surface area contributed by atoms with Crippen LogP contribution in [-0.4, -0.2) is 47.0 Å². The molecule has 0 amide bonds. The minimum absolute atomic E-state index is 0.134. The number of ether oxygens (including phenoxy) is 1. The molecule has 2 heterocycles. The quantitative estimate of drug-likeness (QED) is 0.761. The number of hydrogen-bond donors (Lipinski definition) is 0. The maximum Gasteiger partial charge on any atom is 0.314 e. The van der Waals surface area contributed by atoms with E-state index in [-0.39, 0.29) is 23.7 Å². The van der Waals surface area contributed by atoms with Gasteiger partial charge in [-0.05, 0) is 63.9 Å². The van der Waals surface area contributed by atoms with Crippen LogP contribution in [0.15, 0.2) is 30.5 Å². The Bertz CT molecular complexity index is 985. The van der Waals surface area contributed by atoms with Crippen molar-refractivity contribution in [3.8, 4) is 0 Å². The fourth-order valence-corrected chi connectivity index (χ4v) is 4.50. The molecule has 1 aliphatic heterocycles. The monoisotopic (exact) mass is 380 g/mol. The molecule has 5 heteroatoms. The van der Waals surface area contributed by atoms with E-state index in [4.69, 9.17) is 4.74 Å². The molecule has 148 valence electrons. The lowest BCUT2D eigenvalue weighted by Crippen LogP contribution is -2.45. The Morgan fingerprint density at radius 3 is 2.64 bits per heavy atom. The predicted molar refractivity (Wildman–Crippen MR) is 110 cm³/mol. The minimum Gasteiger partial charge on any atom is -0.454 e. The molecule has 3 atom stereocenters. The highest BCUT2D eigenvalue weighted by Crippen LogP contribution is 2.42. The lowest BCUT2D eigenvalue weighted by molar-refractivity contribution is -0.156. The van der Waals surface area contributed by atoms with E-state index < -0.39 is 6.10 Å². The number of rotatable bonds is 4. The van der Waals surface area contributed by atoms with Gasteiger partial charge in [0.25, 0.3) is 0 Å². The van der Waals surface area contributed by atoms with Crippen molar-refractivity contribution in [3.05, 3.63) is 41.6 Å². The molecule has 0 bridgehead atoms. The highest BCUT2D eigenvalue weighted by molar-refractivity contribution is 5.99. The van der Waals surface area contributed by atoms with E-state index in [9.17, 15) is 9.59 Å². The van der Waals surface area contributed by atoms with Gasteiger partial charge in [0.2, 0.25) is 0 Å². The molecule has 0 radical (unpaired) electrons. The van der Waals surface area contributed by atoms with Crippen LogP contribution in [0.1, 0.15) is 44.9 Å². The third-order valence-electron chi connectivity index (χ3n) is 6.14. The number of fused-ring (bicyclic) bond motifs is 2. The van der Waals surface area contributed by atoms with Crippen molar-refractivity contribution in [1.82, 2.24) is 9.47 Å². The first-order valence-electron chi connectivity index (χ1n) is 10.0. The van der Waals surface area contributed by atoms with Crippen LogP contribution >= 0.6 is 0 Å². The van der Waals surface area contributed by atoms with Crippen molar-refractivity contribution in [3.63, 3.8) is 0 Å². The molecule has 0 saturated carbocycles. The van der Waals surface area contributed by atoms with Crippen molar-refractivity contribution in [2.75, 3.05) is 13.6 Å². The first-order chi connectivity index (χ1) is 13.3. The number of benzene rings is 1. The SMILES string of the molecule is CC(=O)[C@@H](C)OC(=O)[C@@H]1C=C2c3cccc4c3c(cn4C(C)C)C[C@H]2N(C)C1. The van der Waals surface area contributed by atoms with Crippen molar-refractivity contribution in [1.29, 1.82) is 0 Å². The molecule has 28 heavy (non-hydrogen) atoms. The van der Waals surface area contributed by atoms with Gasteiger partial charge in [0.1, 0.15) is 0 Å². The number of carbonyl (C=O) groups excluding carboxylic acids is 2. The second-order valence-electron chi connectivity index (χ2n) is 8.43. The van der Waals surface area contributed by atoms with Gasteiger partial charge in [-0.3, -0.25) is 14.5 Å². The Morgan fingerprint density at radius 1 is 1.21 bits per heavy atom. The molecule has 2 aromatic rings. The van der Waals surface area contributed by atoms with Crippen LogP contribution in [-0.2, 0) is 20.7 Å². The van der Waals surface area contributed by atoms with E-state index in [1.54, 1.807) is 6.92 Å². The first kappa shape index (κ1) is 18.9. The number of Topliss-reactive ketones (excluding diaryl/α,β-unsaturated/α-hetero) is 1. The number of nitrogens with zero attached hydrogens (tertiary/aromatic N) is 2. The smallest absolute Gasteiger partial charge is 0.314 e. The summed E-state index contributed by atoms with van der Waals surface area (Å²) in [4.78, 5) is 26.4. The molecule has 0 N–H and O–H groups in total. The molecule has 1 aromatic heterocycles. The summed E-state index contributed by atoms with van der Waals surface area (Å²) in [5.41, 5.74) is 5.04. The average molecular weight is 380 g/mol. The van der Waals surface area contributed by atoms with Crippen LogP contribution in [0.4, 0.5) is 0 Å². The summed E-state index contributed by atoms with van der Waals surface area (Å²) in [6, 6.07) is 7.10. The molecule has 1 aromatic carbocycles. The van der Waals surface area contributed by atoms with E-state index in [1.165, 1.54) is 34.5 Å². The zero-order valence-electron chi connectivity index (χ0n) is 17.2. The standard InChI is InChI=1S/C23H28N2O3/c1-13(2)25-12-16-10-21-19(18-7-6-8-20(25)22(16)18)9-17(11-24(21)5)23(27)28-15(4)14(3)26/h6-9,12-13,15,17,21H,10-11H2,1-5H3/t15-,17-,21-/m1/s1. The number of likely N-dealkylation sites (N-methyl/N-ethyl adjacent to an activating group) is 1. The van der Waals surface area contributed by atoms with Crippen LogP contribution in [0.2, 0.25) is 0 Å². The topological polar surface area (TPSA) is 51.5 Å². The summed E-state index contributed by atoms with van der Waals surface area (Å²) in [7, 11) is 2.07. The van der Waals surface area contributed by atoms with Crippen LogP contribution < -0.4 is 0 Å². The zero-order chi connectivity index (χ0) is 20.2. The largest absolute Gasteiger partial charge is 0.454 e. The minimum atomic E-state index is -0.699. The highest BCUT2D eigenvalue weighted by atomic mass is 16.5. The van der Waals surface area contributed by atoms with Gasteiger partial charge < -0.3 is 9.30 Å². The fraction of sp³-hybridized carbons (Fsp3) is 0.478. The lowest BCUT2D eigenvalue weighted by Gasteiger charge is -2.39. The summed E-state index contributed by atoms with van der Waals surface area (Å²) in [6.07, 6.45) is 4.61. The van der Waals surface area contributed by atoms with Gasteiger partial charge in [-0.25, -0.2) is 0 Å². The average Bonchev–Trinajstić information content (AvgIpc) is 3.02. The highest BCUT2D eigenvalue weighted by Gasteiger charge is 2.37. The maximum atomic E-state index is 12.7. The number of carbonyl (C=O) groups is 2. The number of esters is 1. The molecule has 0 fully saturated rings. The Labute approximate surface area is 166 Å².